The Labute approximate surface area is 119 Å². The Balaban J connectivity index is 2.72. The molecule has 0 saturated carbocycles. The summed E-state index contributed by atoms with van der Waals surface area (Å²) in [5.74, 6) is 0.940. The van der Waals surface area contributed by atoms with E-state index in [0.717, 1.165) is 29.6 Å². The first-order valence-corrected chi connectivity index (χ1v) is 7.57. The van der Waals surface area contributed by atoms with Gasteiger partial charge in [-0.3, -0.25) is 0 Å². The summed E-state index contributed by atoms with van der Waals surface area (Å²) >= 11 is 3.63. The molecule has 0 aliphatic carbocycles. The van der Waals surface area contributed by atoms with Gasteiger partial charge in [0, 0.05) is 10.5 Å². The zero-order chi connectivity index (χ0) is 13.5. The van der Waals surface area contributed by atoms with Crippen LogP contribution in [0, 0.1) is 0 Å². The number of benzene rings is 1. The monoisotopic (exact) mass is 313 g/mol. The second-order valence-electron chi connectivity index (χ2n) is 4.68. The van der Waals surface area contributed by atoms with Gasteiger partial charge < -0.3 is 10.1 Å². The summed E-state index contributed by atoms with van der Waals surface area (Å²) in [4.78, 5) is 0. The average molecular weight is 314 g/mol. The second kappa shape index (κ2) is 7.80. The average Bonchev–Trinajstić information content (AvgIpc) is 2.29. The molecule has 2 nitrogen and oxygen atoms in total. The summed E-state index contributed by atoms with van der Waals surface area (Å²) in [5.41, 5.74) is 1.27. The molecule has 0 radical (unpaired) electrons. The van der Waals surface area contributed by atoms with Crippen LogP contribution in [-0.4, -0.2) is 12.6 Å². The van der Waals surface area contributed by atoms with Gasteiger partial charge in [-0.1, -0.05) is 42.3 Å². The SMILES string of the molecule is CCCC(C)Oc1ccc(C(C)NCC)c(Br)c1. The van der Waals surface area contributed by atoms with E-state index in [1.807, 2.05) is 0 Å². The lowest BCUT2D eigenvalue weighted by atomic mass is 10.1. The Kier molecular flexibility index (Phi) is 6.72. The van der Waals surface area contributed by atoms with Gasteiger partial charge in [0.05, 0.1) is 6.10 Å². The van der Waals surface area contributed by atoms with Crippen molar-refractivity contribution in [3.05, 3.63) is 28.2 Å². The van der Waals surface area contributed by atoms with Crippen molar-refractivity contribution in [2.24, 2.45) is 0 Å². The van der Waals surface area contributed by atoms with E-state index in [1.54, 1.807) is 0 Å². The third-order valence-electron chi connectivity index (χ3n) is 2.98. The van der Waals surface area contributed by atoms with Gasteiger partial charge in [0.25, 0.3) is 0 Å². The number of hydrogen-bond donors (Lipinski definition) is 1. The molecule has 0 saturated heterocycles. The van der Waals surface area contributed by atoms with Crippen LogP contribution >= 0.6 is 15.9 Å². The fraction of sp³-hybridized carbons (Fsp3) is 0.600. The van der Waals surface area contributed by atoms with E-state index in [1.165, 1.54) is 5.56 Å². The molecular weight excluding hydrogens is 290 g/mol. The molecule has 1 aromatic rings. The molecule has 1 aromatic carbocycles. The summed E-state index contributed by atoms with van der Waals surface area (Å²) in [6, 6.07) is 6.60. The van der Waals surface area contributed by atoms with Crippen LogP contribution in [0.25, 0.3) is 0 Å². The quantitative estimate of drug-likeness (QED) is 0.788. The molecule has 0 aliphatic rings. The predicted molar refractivity (Wildman–Crippen MR) is 81.2 cm³/mol. The molecule has 1 N–H and O–H groups in total. The lowest BCUT2D eigenvalue weighted by Gasteiger charge is -2.18. The third kappa shape index (κ3) is 4.62. The molecule has 1 rings (SSSR count). The van der Waals surface area contributed by atoms with E-state index < -0.39 is 0 Å². The molecular formula is C15H24BrNO. The van der Waals surface area contributed by atoms with Crippen molar-refractivity contribution < 1.29 is 4.74 Å². The van der Waals surface area contributed by atoms with E-state index >= 15 is 0 Å². The maximum Gasteiger partial charge on any atom is 0.120 e. The Morgan fingerprint density at radius 3 is 2.56 bits per heavy atom. The van der Waals surface area contributed by atoms with Gasteiger partial charge in [0.1, 0.15) is 5.75 Å². The Hall–Kier alpha value is -0.540. The van der Waals surface area contributed by atoms with Crippen LogP contribution in [0.15, 0.2) is 22.7 Å². The highest BCUT2D eigenvalue weighted by atomic mass is 79.9. The van der Waals surface area contributed by atoms with Crippen molar-refractivity contribution in [2.75, 3.05) is 6.54 Å². The molecule has 0 heterocycles. The minimum absolute atomic E-state index is 0.277. The maximum absolute atomic E-state index is 5.88. The predicted octanol–water partition coefficient (Wildman–Crippen LogP) is 4.69. The second-order valence-corrected chi connectivity index (χ2v) is 5.53. The Morgan fingerprint density at radius 1 is 1.28 bits per heavy atom. The highest BCUT2D eigenvalue weighted by Crippen LogP contribution is 2.28. The molecule has 3 heteroatoms. The normalized spacial score (nSPS) is 14.3. The molecule has 0 amide bonds. The third-order valence-corrected chi connectivity index (χ3v) is 3.67. The van der Waals surface area contributed by atoms with Crippen molar-refractivity contribution >= 4 is 15.9 Å². The molecule has 18 heavy (non-hydrogen) atoms. The van der Waals surface area contributed by atoms with E-state index in [2.05, 4.69) is 67.1 Å². The first-order valence-electron chi connectivity index (χ1n) is 6.77. The number of nitrogens with one attached hydrogen (secondary N) is 1. The van der Waals surface area contributed by atoms with Gasteiger partial charge in [-0.05, 0) is 44.5 Å². The Bertz CT molecular complexity index is 368. The van der Waals surface area contributed by atoms with E-state index in [0.29, 0.717) is 6.04 Å². The summed E-state index contributed by atoms with van der Waals surface area (Å²) in [5, 5.41) is 3.41. The fourth-order valence-electron chi connectivity index (χ4n) is 2.05. The highest BCUT2D eigenvalue weighted by Gasteiger charge is 2.10. The van der Waals surface area contributed by atoms with Gasteiger partial charge >= 0.3 is 0 Å². The van der Waals surface area contributed by atoms with Crippen LogP contribution in [-0.2, 0) is 0 Å². The fourth-order valence-corrected chi connectivity index (χ4v) is 2.75. The van der Waals surface area contributed by atoms with Crippen LogP contribution in [0.3, 0.4) is 0 Å². The summed E-state index contributed by atoms with van der Waals surface area (Å²) < 4.78 is 6.99. The van der Waals surface area contributed by atoms with Gasteiger partial charge in [0.2, 0.25) is 0 Å². The molecule has 2 unspecified atom stereocenters. The largest absolute Gasteiger partial charge is 0.491 e. The van der Waals surface area contributed by atoms with Gasteiger partial charge in [-0.15, -0.1) is 0 Å². The van der Waals surface area contributed by atoms with Crippen LogP contribution in [0.4, 0.5) is 0 Å². The zero-order valence-electron chi connectivity index (χ0n) is 11.8. The number of halogens is 1. The van der Waals surface area contributed by atoms with Gasteiger partial charge in [-0.25, -0.2) is 0 Å². The van der Waals surface area contributed by atoms with E-state index in [-0.39, 0.29) is 6.10 Å². The van der Waals surface area contributed by atoms with Crippen LogP contribution in [0.1, 0.15) is 52.1 Å². The number of rotatable bonds is 7. The highest BCUT2D eigenvalue weighted by molar-refractivity contribution is 9.10. The van der Waals surface area contributed by atoms with Crippen molar-refractivity contribution in [1.29, 1.82) is 0 Å². The topological polar surface area (TPSA) is 21.3 Å². The summed E-state index contributed by atoms with van der Waals surface area (Å²) in [6.07, 6.45) is 2.52. The summed E-state index contributed by atoms with van der Waals surface area (Å²) in [7, 11) is 0. The first kappa shape index (κ1) is 15.5. The molecule has 102 valence electrons. The molecule has 0 fully saturated rings. The smallest absolute Gasteiger partial charge is 0.120 e. The van der Waals surface area contributed by atoms with E-state index in [4.69, 9.17) is 4.74 Å². The van der Waals surface area contributed by atoms with Crippen molar-refractivity contribution in [3.63, 3.8) is 0 Å². The lowest BCUT2D eigenvalue weighted by Crippen LogP contribution is -2.18. The molecule has 2 atom stereocenters. The van der Waals surface area contributed by atoms with Crippen molar-refractivity contribution in [1.82, 2.24) is 5.32 Å². The van der Waals surface area contributed by atoms with Crippen LogP contribution in [0.2, 0.25) is 0 Å². The zero-order valence-corrected chi connectivity index (χ0v) is 13.4. The minimum atomic E-state index is 0.277. The lowest BCUT2D eigenvalue weighted by molar-refractivity contribution is 0.209. The van der Waals surface area contributed by atoms with Crippen LogP contribution in [0.5, 0.6) is 5.75 Å². The van der Waals surface area contributed by atoms with E-state index in [9.17, 15) is 0 Å². The van der Waals surface area contributed by atoms with Crippen molar-refractivity contribution in [3.8, 4) is 5.75 Å². The molecule has 0 aliphatic heterocycles. The minimum Gasteiger partial charge on any atom is -0.491 e. The van der Waals surface area contributed by atoms with Gasteiger partial charge in [0.15, 0.2) is 0 Å². The first-order chi connectivity index (χ1) is 8.58. The van der Waals surface area contributed by atoms with Crippen molar-refractivity contribution in [2.45, 2.75) is 52.7 Å². The Morgan fingerprint density at radius 2 is 2.00 bits per heavy atom. The molecule has 0 bridgehead atoms. The summed E-state index contributed by atoms with van der Waals surface area (Å²) in [6.45, 7) is 9.56. The standard InChI is InChI=1S/C15H24BrNO/c1-5-7-11(3)18-13-8-9-14(15(16)10-13)12(4)17-6-2/h8-12,17H,5-7H2,1-4H3. The number of ether oxygens (including phenoxy) is 1. The van der Waals surface area contributed by atoms with Crippen LogP contribution < -0.4 is 10.1 Å². The van der Waals surface area contributed by atoms with Gasteiger partial charge in [-0.2, -0.15) is 0 Å². The molecule has 0 aromatic heterocycles. The molecule has 0 spiro atoms. The number of hydrogen-bond acceptors (Lipinski definition) is 2. The maximum atomic E-state index is 5.88.